The van der Waals surface area contributed by atoms with Gasteiger partial charge >= 0.3 is 0 Å². The lowest BCUT2D eigenvalue weighted by Crippen LogP contribution is -2.36. The number of carbonyl (C=O) groups is 1. The number of fused-ring (bicyclic) bond motifs is 1. The standard InChI is InChI=1S/C22H25N3O3S/c1-27-18-9-8-16(14-19(18)28-2)15-21(26)24-10-5-11-25(13-12-24)22-23-17-6-3-4-7-20(17)29-22/h3-4,6-9,14H,5,10-13,15H2,1-2H3. The first-order chi connectivity index (χ1) is 14.2. The maximum Gasteiger partial charge on any atom is 0.227 e. The van der Waals surface area contributed by atoms with Crippen molar-refractivity contribution < 1.29 is 14.3 Å². The Morgan fingerprint density at radius 1 is 1.03 bits per heavy atom. The molecule has 0 aliphatic carbocycles. The van der Waals surface area contributed by atoms with Gasteiger partial charge < -0.3 is 19.3 Å². The second-order valence-corrected chi connectivity index (χ2v) is 8.06. The summed E-state index contributed by atoms with van der Waals surface area (Å²) in [4.78, 5) is 21.9. The van der Waals surface area contributed by atoms with E-state index < -0.39 is 0 Å². The smallest absolute Gasteiger partial charge is 0.227 e. The number of rotatable bonds is 5. The zero-order chi connectivity index (χ0) is 20.2. The molecule has 6 nitrogen and oxygen atoms in total. The highest BCUT2D eigenvalue weighted by molar-refractivity contribution is 7.22. The molecular weight excluding hydrogens is 386 g/mol. The van der Waals surface area contributed by atoms with Crippen LogP contribution in [-0.2, 0) is 11.2 Å². The van der Waals surface area contributed by atoms with Gasteiger partial charge in [-0.15, -0.1) is 0 Å². The van der Waals surface area contributed by atoms with E-state index in [1.807, 2.05) is 41.3 Å². The maximum atomic E-state index is 12.9. The second-order valence-electron chi connectivity index (χ2n) is 7.05. The van der Waals surface area contributed by atoms with Crippen molar-refractivity contribution in [3.05, 3.63) is 48.0 Å². The molecule has 3 aromatic rings. The van der Waals surface area contributed by atoms with E-state index in [-0.39, 0.29) is 5.91 Å². The Balaban J connectivity index is 1.40. The van der Waals surface area contributed by atoms with Gasteiger partial charge in [-0.2, -0.15) is 0 Å². The first-order valence-corrected chi connectivity index (χ1v) is 10.6. The van der Waals surface area contributed by atoms with Crippen LogP contribution in [0.15, 0.2) is 42.5 Å². The predicted octanol–water partition coefficient (Wildman–Crippen LogP) is 3.59. The Labute approximate surface area is 174 Å². The molecule has 1 aliphatic heterocycles. The van der Waals surface area contributed by atoms with Crippen LogP contribution in [0.25, 0.3) is 10.2 Å². The molecule has 29 heavy (non-hydrogen) atoms. The molecule has 0 unspecified atom stereocenters. The van der Waals surface area contributed by atoms with Crippen LogP contribution >= 0.6 is 11.3 Å². The van der Waals surface area contributed by atoms with Crippen molar-refractivity contribution in [3.63, 3.8) is 0 Å². The van der Waals surface area contributed by atoms with E-state index in [9.17, 15) is 4.79 Å². The lowest BCUT2D eigenvalue weighted by Gasteiger charge is -2.22. The molecule has 0 atom stereocenters. The highest BCUT2D eigenvalue weighted by atomic mass is 32.1. The highest BCUT2D eigenvalue weighted by Gasteiger charge is 2.21. The Morgan fingerprint density at radius 2 is 1.86 bits per heavy atom. The predicted molar refractivity (Wildman–Crippen MR) is 116 cm³/mol. The van der Waals surface area contributed by atoms with Crippen molar-refractivity contribution in [3.8, 4) is 11.5 Å². The number of hydrogen-bond donors (Lipinski definition) is 0. The van der Waals surface area contributed by atoms with Gasteiger partial charge in [0.05, 0.1) is 30.9 Å². The number of benzene rings is 2. The van der Waals surface area contributed by atoms with Crippen LogP contribution in [0.2, 0.25) is 0 Å². The second kappa shape index (κ2) is 8.69. The summed E-state index contributed by atoms with van der Waals surface area (Å²) in [7, 11) is 3.21. The van der Waals surface area contributed by atoms with Crippen LogP contribution in [0.4, 0.5) is 5.13 Å². The highest BCUT2D eigenvalue weighted by Crippen LogP contribution is 2.30. The van der Waals surface area contributed by atoms with Crippen LogP contribution in [0, 0.1) is 0 Å². The Bertz CT molecular complexity index is 971. The third-order valence-electron chi connectivity index (χ3n) is 5.21. The van der Waals surface area contributed by atoms with Crippen LogP contribution in [0.1, 0.15) is 12.0 Å². The molecule has 2 aromatic carbocycles. The maximum absolute atomic E-state index is 12.9. The van der Waals surface area contributed by atoms with Crippen LogP contribution in [-0.4, -0.2) is 56.2 Å². The molecule has 0 saturated carbocycles. The van der Waals surface area contributed by atoms with Gasteiger partial charge in [0.25, 0.3) is 0 Å². The molecule has 2 heterocycles. The summed E-state index contributed by atoms with van der Waals surface area (Å²) in [6.07, 6.45) is 1.30. The summed E-state index contributed by atoms with van der Waals surface area (Å²) in [5, 5.41) is 1.04. The Hall–Kier alpha value is -2.80. The van der Waals surface area contributed by atoms with Gasteiger partial charge in [-0.3, -0.25) is 4.79 Å². The van der Waals surface area contributed by atoms with Gasteiger partial charge in [-0.05, 0) is 36.2 Å². The molecular formula is C22H25N3O3S. The number of amides is 1. The lowest BCUT2D eigenvalue weighted by molar-refractivity contribution is -0.130. The van der Waals surface area contributed by atoms with E-state index in [1.54, 1.807) is 25.6 Å². The third-order valence-corrected chi connectivity index (χ3v) is 6.30. The van der Waals surface area contributed by atoms with E-state index in [2.05, 4.69) is 11.0 Å². The summed E-state index contributed by atoms with van der Waals surface area (Å²) in [5.41, 5.74) is 1.97. The fraction of sp³-hybridized carbons (Fsp3) is 0.364. The fourth-order valence-electron chi connectivity index (χ4n) is 3.63. The lowest BCUT2D eigenvalue weighted by atomic mass is 10.1. The molecule has 0 N–H and O–H groups in total. The van der Waals surface area contributed by atoms with Gasteiger partial charge in [0.1, 0.15) is 0 Å². The molecule has 0 radical (unpaired) electrons. The number of thiazole rings is 1. The summed E-state index contributed by atoms with van der Waals surface area (Å²) < 4.78 is 11.8. The minimum Gasteiger partial charge on any atom is -0.493 e. The number of methoxy groups -OCH3 is 2. The number of hydrogen-bond acceptors (Lipinski definition) is 6. The van der Waals surface area contributed by atoms with Crippen molar-refractivity contribution >= 4 is 32.6 Å². The van der Waals surface area contributed by atoms with Gasteiger partial charge in [-0.25, -0.2) is 4.98 Å². The number of para-hydroxylation sites is 1. The van der Waals surface area contributed by atoms with Crippen molar-refractivity contribution in [2.75, 3.05) is 45.3 Å². The SMILES string of the molecule is COc1ccc(CC(=O)N2CCCN(c3nc4ccccc4s3)CC2)cc1OC. The van der Waals surface area contributed by atoms with Crippen molar-refractivity contribution in [2.45, 2.75) is 12.8 Å². The normalized spacial score (nSPS) is 14.7. The van der Waals surface area contributed by atoms with Gasteiger partial charge in [0.15, 0.2) is 16.6 Å². The number of anilines is 1. The topological polar surface area (TPSA) is 54.9 Å². The number of carbonyl (C=O) groups excluding carboxylic acids is 1. The zero-order valence-corrected chi connectivity index (χ0v) is 17.6. The molecule has 4 rings (SSSR count). The van der Waals surface area contributed by atoms with Gasteiger partial charge in [0.2, 0.25) is 5.91 Å². The first kappa shape index (κ1) is 19.5. The van der Waals surface area contributed by atoms with Crippen molar-refractivity contribution in [1.82, 2.24) is 9.88 Å². The molecule has 1 fully saturated rings. The van der Waals surface area contributed by atoms with Crippen LogP contribution in [0.5, 0.6) is 11.5 Å². The van der Waals surface area contributed by atoms with E-state index in [0.29, 0.717) is 24.5 Å². The monoisotopic (exact) mass is 411 g/mol. The summed E-state index contributed by atoms with van der Waals surface area (Å²) in [5.74, 6) is 1.46. The molecule has 1 saturated heterocycles. The molecule has 1 aromatic heterocycles. The number of nitrogens with zero attached hydrogens (tertiary/aromatic N) is 3. The fourth-order valence-corrected chi connectivity index (χ4v) is 4.65. The van der Waals surface area contributed by atoms with Gasteiger partial charge in [0, 0.05) is 26.2 Å². The molecule has 152 valence electrons. The zero-order valence-electron chi connectivity index (χ0n) is 16.8. The Kier molecular flexibility index (Phi) is 5.85. The summed E-state index contributed by atoms with van der Waals surface area (Å²) in [6.45, 7) is 3.20. The summed E-state index contributed by atoms with van der Waals surface area (Å²) >= 11 is 1.72. The minimum atomic E-state index is 0.142. The third kappa shape index (κ3) is 4.29. The first-order valence-electron chi connectivity index (χ1n) is 9.77. The van der Waals surface area contributed by atoms with Crippen LogP contribution < -0.4 is 14.4 Å². The van der Waals surface area contributed by atoms with Gasteiger partial charge in [-0.1, -0.05) is 29.5 Å². The number of ether oxygens (including phenoxy) is 2. The molecule has 0 bridgehead atoms. The largest absolute Gasteiger partial charge is 0.493 e. The summed E-state index contributed by atoms with van der Waals surface area (Å²) in [6, 6.07) is 13.9. The molecule has 7 heteroatoms. The Morgan fingerprint density at radius 3 is 2.66 bits per heavy atom. The average molecular weight is 412 g/mol. The van der Waals surface area contributed by atoms with E-state index in [1.165, 1.54) is 4.70 Å². The van der Waals surface area contributed by atoms with Crippen LogP contribution in [0.3, 0.4) is 0 Å². The molecule has 1 aliphatic rings. The number of aromatic nitrogens is 1. The van der Waals surface area contributed by atoms with Crippen molar-refractivity contribution in [2.24, 2.45) is 0 Å². The minimum absolute atomic E-state index is 0.142. The molecule has 0 spiro atoms. The quantitative estimate of drug-likeness (QED) is 0.642. The van der Waals surface area contributed by atoms with E-state index in [4.69, 9.17) is 14.5 Å². The van der Waals surface area contributed by atoms with E-state index in [0.717, 1.165) is 42.3 Å². The van der Waals surface area contributed by atoms with Crippen molar-refractivity contribution in [1.29, 1.82) is 0 Å². The average Bonchev–Trinajstić information content (AvgIpc) is 3.02. The molecule has 1 amide bonds. The van der Waals surface area contributed by atoms with E-state index >= 15 is 0 Å².